The van der Waals surface area contributed by atoms with Gasteiger partial charge in [-0.15, -0.1) is 0 Å². The fourth-order valence-electron chi connectivity index (χ4n) is 1.91. The Bertz CT molecular complexity index is 718. The van der Waals surface area contributed by atoms with Crippen LogP contribution in [0.5, 0.6) is 0 Å². The van der Waals surface area contributed by atoms with Gasteiger partial charge in [0.25, 0.3) is 5.91 Å². The summed E-state index contributed by atoms with van der Waals surface area (Å²) in [5.74, 6) is -2.05. The van der Waals surface area contributed by atoms with Crippen LogP contribution in [0.2, 0.25) is 0 Å². The molecule has 0 bridgehead atoms. The largest absolute Gasteiger partial charge is 0.480 e. The third-order valence-corrected chi connectivity index (χ3v) is 3.12. The molecule has 0 saturated carbocycles. The van der Waals surface area contributed by atoms with E-state index in [0.29, 0.717) is 5.56 Å². The van der Waals surface area contributed by atoms with Crippen molar-refractivity contribution in [2.24, 2.45) is 0 Å². The van der Waals surface area contributed by atoms with Gasteiger partial charge in [0.05, 0.1) is 11.8 Å². The highest BCUT2D eigenvalue weighted by atomic mass is 19.4. The smallest absolute Gasteiger partial charge is 0.416 e. The van der Waals surface area contributed by atoms with E-state index < -0.39 is 29.7 Å². The molecule has 0 unspecified atom stereocenters. The molecule has 9 heteroatoms. The standard InChI is InChI=1S/C15H12F3N3O3/c16-15(17,18)10-3-1-9(2-4-10)7-11(14(23)24)21-13(22)12-8-19-5-6-20-12/h1-6,8,11H,7H2,(H,21,22)(H,23,24)/t11-/m0/s1. The lowest BCUT2D eigenvalue weighted by Crippen LogP contribution is -2.42. The zero-order valence-corrected chi connectivity index (χ0v) is 12.1. The van der Waals surface area contributed by atoms with Gasteiger partial charge in [0.1, 0.15) is 11.7 Å². The summed E-state index contributed by atoms with van der Waals surface area (Å²) in [5, 5.41) is 11.4. The average molecular weight is 339 g/mol. The number of carbonyl (C=O) groups excluding carboxylic acids is 1. The number of hydrogen-bond acceptors (Lipinski definition) is 4. The zero-order chi connectivity index (χ0) is 17.7. The maximum Gasteiger partial charge on any atom is 0.416 e. The Balaban J connectivity index is 2.09. The molecule has 24 heavy (non-hydrogen) atoms. The molecule has 0 spiro atoms. The molecule has 1 aromatic carbocycles. The number of benzene rings is 1. The summed E-state index contributed by atoms with van der Waals surface area (Å²) >= 11 is 0. The van der Waals surface area contributed by atoms with Gasteiger partial charge >= 0.3 is 12.1 Å². The van der Waals surface area contributed by atoms with Crippen molar-refractivity contribution in [2.45, 2.75) is 18.6 Å². The van der Waals surface area contributed by atoms with E-state index in [1.807, 2.05) is 0 Å². The highest BCUT2D eigenvalue weighted by Crippen LogP contribution is 2.29. The maximum atomic E-state index is 12.5. The quantitative estimate of drug-likeness (QED) is 0.868. The third kappa shape index (κ3) is 4.51. The first-order valence-electron chi connectivity index (χ1n) is 6.73. The van der Waals surface area contributed by atoms with Gasteiger partial charge in [-0.3, -0.25) is 9.78 Å². The number of hydrogen-bond donors (Lipinski definition) is 2. The fourth-order valence-corrected chi connectivity index (χ4v) is 1.91. The van der Waals surface area contributed by atoms with Crippen LogP contribution < -0.4 is 5.32 Å². The van der Waals surface area contributed by atoms with Gasteiger partial charge in [-0.25, -0.2) is 9.78 Å². The number of carbonyl (C=O) groups is 2. The minimum Gasteiger partial charge on any atom is -0.480 e. The lowest BCUT2D eigenvalue weighted by molar-refractivity contribution is -0.139. The summed E-state index contributed by atoms with van der Waals surface area (Å²) in [6.07, 6.45) is -0.828. The number of alkyl halides is 3. The van der Waals surface area contributed by atoms with Crippen molar-refractivity contribution < 1.29 is 27.9 Å². The number of nitrogens with zero attached hydrogens (tertiary/aromatic N) is 2. The van der Waals surface area contributed by atoms with Crippen molar-refractivity contribution in [1.82, 2.24) is 15.3 Å². The number of carboxylic acids is 1. The van der Waals surface area contributed by atoms with E-state index in [1.54, 1.807) is 0 Å². The number of nitrogens with one attached hydrogen (secondary N) is 1. The second-order valence-electron chi connectivity index (χ2n) is 4.85. The molecule has 0 aliphatic rings. The van der Waals surface area contributed by atoms with Crippen LogP contribution in [-0.4, -0.2) is 33.0 Å². The Morgan fingerprint density at radius 2 is 1.83 bits per heavy atom. The number of amides is 1. The first-order valence-corrected chi connectivity index (χ1v) is 6.73. The molecule has 1 atom stereocenters. The summed E-state index contributed by atoms with van der Waals surface area (Å²) in [4.78, 5) is 30.6. The van der Waals surface area contributed by atoms with Gasteiger partial charge in [0.2, 0.25) is 0 Å². The molecular formula is C15H12F3N3O3. The Morgan fingerprint density at radius 1 is 1.17 bits per heavy atom. The molecule has 2 rings (SSSR count). The van der Waals surface area contributed by atoms with Gasteiger partial charge < -0.3 is 10.4 Å². The molecule has 0 aliphatic heterocycles. The molecule has 0 saturated heterocycles. The molecule has 0 fully saturated rings. The van der Waals surface area contributed by atoms with Gasteiger partial charge in [0, 0.05) is 18.8 Å². The molecule has 1 aromatic heterocycles. The molecule has 1 amide bonds. The van der Waals surface area contributed by atoms with Crippen LogP contribution in [0.4, 0.5) is 13.2 Å². The first-order chi connectivity index (χ1) is 11.3. The van der Waals surface area contributed by atoms with Gasteiger partial charge in [-0.2, -0.15) is 13.2 Å². The highest BCUT2D eigenvalue weighted by molar-refractivity contribution is 5.94. The predicted octanol–water partition coefficient (Wildman–Crippen LogP) is 1.92. The molecule has 2 aromatic rings. The summed E-state index contributed by atoms with van der Waals surface area (Å²) < 4.78 is 37.5. The highest BCUT2D eigenvalue weighted by Gasteiger charge is 2.30. The zero-order valence-electron chi connectivity index (χ0n) is 12.1. The van der Waals surface area contributed by atoms with Crippen LogP contribution >= 0.6 is 0 Å². The molecule has 2 N–H and O–H groups in total. The van der Waals surface area contributed by atoms with E-state index in [9.17, 15) is 27.9 Å². The van der Waals surface area contributed by atoms with E-state index in [0.717, 1.165) is 12.1 Å². The van der Waals surface area contributed by atoms with E-state index in [-0.39, 0.29) is 12.1 Å². The topological polar surface area (TPSA) is 92.2 Å². The molecular weight excluding hydrogens is 327 g/mol. The lowest BCUT2D eigenvalue weighted by atomic mass is 10.0. The Morgan fingerprint density at radius 3 is 2.33 bits per heavy atom. The predicted molar refractivity (Wildman–Crippen MR) is 76.1 cm³/mol. The van der Waals surface area contributed by atoms with Gasteiger partial charge in [-0.1, -0.05) is 12.1 Å². The number of aromatic nitrogens is 2. The summed E-state index contributed by atoms with van der Waals surface area (Å²) in [7, 11) is 0. The minimum atomic E-state index is -4.47. The summed E-state index contributed by atoms with van der Waals surface area (Å²) in [6, 6.07) is 2.76. The van der Waals surface area contributed by atoms with Crippen molar-refractivity contribution in [2.75, 3.05) is 0 Å². The monoisotopic (exact) mass is 339 g/mol. The van der Waals surface area contributed by atoms with E-state index in [1.165, 1.54) is 30.7 Å². The van der Waals surface area contributed by atoms with E-state index in [4.69, 9.17) is 0 Å². The van der Waals surface area contributed by atoms with Gasteiger partial charge in [0.15, 0.2) is 0 Å². The molecule has 126 valence electrons. The van der Waals surface area contributed by atoms with Crippen molar-refractivity contribution in [3.8, 4) is 0 Å². The Kier molecular flexibility index (Phi) is 5.12. The Labute approximate surface area is 134 Å². The maximum absolute atomic E-state index is 12.5. The molecule has 6 nitrogen and oxygen atoms in total. The third-order valence-electron chi connectivity index (χ3n) is 3.12. The molecule has 0 radical (unpaired) electrons. The van der Waals surface area contributed by atoms with E-state index >= 15 is 0 Å². The van der Waals surface area contributed by atoms with Crippen LogP contribution in [0.1, 0.15) is 21.6 Å². The fraction of sp³-hybridized carbons (Fsp3) is 0.200. The lowest BCUT2D eigenvalue weighted by Gasteiger charge is -2.15. The number of aliphatic carboxylic acids is 1. The van der Waals surface area contributed by atoms with Crippen molar-refractivity contribution in [3.63, 3.8) is 0 Å². The molecule has 0 aliphatic carbocycles. The Hall–Kier alpha value is -2.97. The van der Waals surface area contributed by atoms with Crippen LogP contribution in [0.3, 0.4) is 0 Å². The van der Waals surface area contributed by atoms with Crippen LogP contribution in [0.25, 0.3) is 0 Å². The van der Waals surface area contributed by atoms with Crippen LogP contribution in [-0.2, 0) is 17.4 Å². The van der Waals surface area contributed by atoms with Crippen LogP contribution in [0, 0.1) is 0 Å². The van der Waals surface area contributed by atoms with Crippen LogP contribution in [0.15, 0.2) is 42.9 Å². The second kappa shape index (κ2) is 7.07. The number of rotatable bonds is 5. The molecule has 1 heterocycles. The number of halogens is 3. The second-order valence-corrected chi connectivity index (χ2v) is 4.85. The van der Waals surface area contributed by atoms with Crippen molar-refractivity contribution in [3.05, 3.63) is 59.7 Å². The van der Waals surface area contributed by atoms with Gasteiger partial charge in [-0.05, 0) is 17.7 Å². The SMILES string of the molecule is O=C(N[C@@H](Cc1ccc(C(F)(F)F)cc1)C(=O)O)c1cnccn1. The normalized spacial score (nSPS) is 12.5. The first kappa shape index (κ1) is 17.4. The van der Waals surface area contributed by atoms with Crippen molar-refractivity contribution >= 4 is 11.9 Å². The number of carboxylic acid groups (broad SMARTS) is 1. The van der Waals surface area contributed by atoms with E-state index in [2.05, 4.69) is 15.3 Å². The minimum absolute atomic E-state index is 0.0591. The van der Waals surface area contributed by atoms with Crippen molar-refractivity contribution in [1.29, 1.82) is 0 Å². The summed E-state index contributed by atoms with van der Waals surface area (Å²) in [5.41, 5.74) is -0.548. The summed E-state index contributed by atoms with van der Waals surface area (Å²) in [6.45, 7) is 0. The average Bonchev–Trinajstić information content (AvgIpc) is 2.54.